The largest absolute Gasteiger partial charge is 0.360 e. The molecule has 2 rings (SSSR count). The summed E-state index contributed by atoms with van der Waals surface area (Å²) in [4.78, 5) is 0. The van der Waals surface area contributed by atoms with Crippen LogP contribution >= 0.6 is 0 Å². The average Bonchev–Trinajstić information content (AvgIpc) is 2.94. The molecule has 2 aromatic heterocycles. The monoisotopic (exact) mass is 248 g/mol. The Morgan fingerprint density at radius 3 is 2.72 bits per heavy atom. The summed E-state index contributed by atoms with van der Waals surface area (Å²) in [5, 5.41) is 11.6. The SMILES string of the molecule is Cc1cnn([C@@H](C)[C@H](C)NCc2cc(C)no2)c1. The zero-order chi connectivity index (χ0) is 13.1. The summed E-state index contributed by atoms with van der Waals surface area (Å²) in [5.41, 5.74) is 2.09. The van der Waals surface area contributed by atoms with Crippen LogP contribution in [0.3, 0.4) is 0 Å². The van der Waals surface area contributed by atoms with Crippen molar-refractivity contribution in [2.24, 2.45) is 0 Å². The van der Waals surface area contributed by atoms with Crippen LogP contribution in [0.2, 0.25) is 0 Å². The number of rotatable bonds is 5. The Kier molecular flexibility index (Phi) is 3.81. The van der Waals surface area contributed by atoms with Gasteiger partial charge in [0.2, 0.25) is 0 Å². The Labute approximate surface area is 107 Å². The van der Waals surface area contributed by atoms with E-state index in [9.17, 15) is 0 Å². The van der Waals surface area contributed by atoms with Gasteiger partial charge in [-0.15, -0.1) is 0 Å². The quantitative estimate of drug-likeness (QED) is 0.881. The molecule has 0 amide bonds. The zero-order valence-electron chi connectivity index (χ0n) is 11.3. The fourth-order valence-electron chi connectivity index (χ4n) is 1.82. The molecule has 2 aromatic rings. The summed E-state index contributed by atoms with van der Waals surface area (Å²) in [5.74, 6) is 0.864. The lowest BCUT2D eigenvalue weighted by molar-refractivity contribution is 0.328. The van der Waals surface area contributed by atoms with Crippen LogP contribution in [-0.2, 0) is 6.54 Å². The first-order chi connectivity index (χ1) is 8.56. The summed E-state index contributed by atoms with van der Waals surface area (Å²) in [6.07, 6.45) is 3.93. The highest BCUT2D eigenvalue weighted by Gasteiger charge is 2.14. The summed E-state index contributed by atoms with van der Waals surface area (Å²) in [7, 11) is 0. The molecular weight excluding hydrogens is 228 g/mol. The molecule has 0 fully saturated rings. The molecule has 0 saturated heterocycles. The minimum atomic E-state index is 0.294. The molecular formula is C13H20N4O. The molecule has 2 heterocycles. The van der Waals surface area contributed by atoms with Gasteiger partial charge in [0, 0.05) is 18.3 Å². The van der Waals surface area contributed by atoms with Crippen molar-refractivity contribution in [3.05, 3.63) is 35.5 Å². The minimum Gasteiger partial charge on any atom is -0.360 e. The van der Waals surface area contributed by atoms with Gasteiger partial charge in [-0.3, -0.25) is 4.68 Å². The van der Waals surface area contributed by atoms with Crippen molar-refractivity contribution in [3.63, 3.8) is 0 Å². The van der Waals surface area contributed by atoms with E-state index < -0.39 is 0 Å². The molecule has 0 aromatic carbocycles. The summed E-state index contributed by atoms with van der Waals surface area (Å²) < 4.78 is 7.15. The Hall–Kier alpha value is -1.62. The summed E-state index contributed by atoms with van der Waals surface area (Å²) in [6.45, 7) is 8.95. The molecule has 0 unspecified atom stereocenters. The van der Waals surface area contributed by atoms with Crippen LogP contribution in [0.4, 0.5) is 0 Å². The first kappa shape index (κ1) is 12.8. The number of nitrogens with one attached hydrogen (secondary N) is 1. The standard InChI is InChI=1S/C13H20N4O/c1-9-6-15-17(8-9)12(4)11(3)14-7-13-5-10(2)16-18-13/h5-6,8,11-12,14H,7H2,1-4H3/t11-,12-/m0/s1. The normalized spacial score (nSPS) is 14.7. The van der Waals surface area contributed by atoms with Gasteiger partial charge in [-0.05, 0) is 33.3 Å². The van der Waals surface area contributed by atoms with Crippen LogP contribution in [0, 0.1) is 13.8 Å². The molecule has 0 aliphatic carbocycles. The summed E-state index contributed by atoms with van der Waals surface area (Å²) >= 11 is 0. The minimum absolute atomic E-state index is 0.294. The third kappa shape index (κ3) is 2.98. The summed E-state index contributed by atoms with van der Waals surface area (Å²) in [6, 6.07) is 2.54. The van der Waals surface area contributed by atoms with E-state index in [0.29, 0.717) is 18.6 Å². The van der Waals surface area contributed by atoms with Crippen molar-refractivity contribution < 1.29 is 4.52 Å². The maximum absolute atomic E-state index is 5.17. The Morgan fingerprint density at radius 1 is 1.39 bits per heavy atom. The highest BCUT2D eigenvalue weighted by atomic mass is 16.5. The van der Waals surface area contributed by atoms with Crippen molar-refractivity contribution >= 4 is 0 Å². The van der Waals surface area contributed by atoms with E-state index >= 15 is 0 Å². The van der Waals surface area contributed by atoms with Crippen molar-refractivity contribution in [2.75, 3.05) is 0 Å². The van der Waals surface area contributed by atoms with Gasteiger partial charge in [0.05, 0.1) is 24.5 Å². The lowest BCUT2D eigenvalue weighted by atomic mass is 10.1. The van der Waals surface area contributed by atoms with Gasteiger partial charge >= 0.3 is 0 Å². The first-order valence-electron chi connectivity index (χ1n) is 6.22. The van der Waals surface area contributed by atoms with Crippen LogP contribution < -0.4 is 5.32 Å². The van der Waals surface area contributed by atoms with E-state index in [1.807, 2.05) is 30.8 Å². The van der Waals surface area contributed by atoms with Crippen LogP contribution in [0.1, 0.15) is 36.9 Å². The predicted octanol–water partition coefficient (Wildman–Crippen LogP) is 2.23. The highest BCUT2D eigenvalue weighted by molar-refractivity contribution is 5.03. The van der Waals surface area contributed by atoms with Crippen molar-refractivity contribution in [3.8, 4) is 0 Å². The number of hydrogen-bond acceptors (Lipinski definition) is 4. The first-order valence-corrected chi connectivity index (χ1v) is 6.22. The molecule has 18 heavy (non-hydrogen) atoms. The van der Waals surface area contributed by atoms with Gasteiger partial charge in [-0.25, -0.2) is 0 Å². The number of aryl methyl sites for hydroxylation is 2. The Morgan fingerprint density at radius 2 is 2.17 bits per heavy atom. The molecule has 1 N–H and O–H groups in total. The van der Waals surface area contributed by atoms with Gasteiger partial charge in [-0.1, -0.05) is 5.16 Å². The van der Waals surface area contributed by atoms with Crippen molar-refractivity contribution in [1.29, 1.82) is 0 Å². The number of hydrogen-bond donors (Lipinski definition) is 1. The van der Waals surface area contributed by atoms with Gasteiger partial charge in [0.15, 0.2) is 5.76 Å². The number of aromatic nitrogens is 3. The zero-order valence-corrected chi connectivity index (χ0v) is 11.3. The van der Waals surface area contributed by atoms with Crippen LogP contribution in [0.25, 0.3) is 0 Å². The molecule has 98 valence electrons. The van der Waals surface area contributed by atoms with Gasteiger partial charge in [-0.2, -0.15) is 5.10 Å². The van der Waals surface area contributed by atoms with E-state index in [0.717, 1.165) is 11.5 Å². The van der Waals surface area contributed by atoms with Crippen LogP contribution in [-0.4, -0.2) is 21.0 Å². The third-order valence-corrected chi connectivity index (χ3v) is 3.15. The molecule has 0 radical (unpaired) electrons. The highest BCUT2D eigenvalue weighted by Crippen LogP contribution is 2.11. The van der Waals surface area contributed by atoms with E-state index in [1.54, 1.807) is 0 Å². The fourth-order valence-corrected chi connectivity index (χ4v) is 1.82. The van der Waals surface area contributed by atoms with E-state index in [2.05, 4.69) is 35.6 Å². The smallest absolute Gasteiger partial charge is 0.150 e. The lowest BCUT2D eigenvalue weighted by Crippen LogP contribution is -2.33. The van der Waals surface area contributed by atoms with Gasteiger partial charge in [0.1, 0.15) is 0 Å². The maximum atomic E-state index is 5.17. The van der Waals surface area contributed by atoms with Crippen molar-refractivity contribution in [2.45, 2.75) is 46.3 Å². The van der Waals surface area contributed by atoms with Gasteiger partial charge in [0.25, 0.3) is 0 Å². The molecule has 0 aliphatic rings. The molecule has 5 heteroatoms. The second-order valence-electron chi connectivity index (χ2n) is 4.84. The Balaban J connectivity index is 1.89. The molecule has 0 bridgehead atoms. The fraction of sp³-hybridized carbons (Fsp3) is 0.538. The molecule has 2 atom stereocenters. The topological polar surface area (TPSA) is 55.9 Å². The lowest BCUT2D eigenvalue weighted by Gasteiger charge is -2.21. The van der Waals surface area contributed by atoms with Gasteiger partial charge < -0.3 is 9.84 Å². The van der Waals surface area contributed by atoms with E-state index in [4.69, 9.17) is 4.52 Å². The van der Waals surface area contributed by atoms with E-state index in [1.165, 1.54) is 5.56 Å². The predicted molar refractivity (Wildman–Crippen MR) is 69.2 cm³/mol. The Bertz CT molecular complexity index is 503. The third-order valence-electron chi connectivity index (χ3n) is 3.15. The molecule has 0 saturated carbocycles. The molecule has 0 spiro atoms. The molecule has 5 nitrogen and oxygen atoms in total. The average molecular weight is 248 g/mol. The molecule has 0 aliphatic heterocycles. The van der Waals surface area contributed by atoms with Crippen molar-refractivity contribution in [1.82, 2.24) is 20.3 Å². The maximum Gasteiger partial charge on any atom is 0.150 e. The second kappa shape index (κ2) is 5.35. The number of nitrogens with zero attached hydrogens (tertiary/aromatic N) is 3. The van der Waals surface area contributed by atoms with E-state index in [-0.39, 0.29) is 0 Å². The van der Waals surface area contributed by atoms with Crippen LogP contribution in [0.5, 0.6) is 0 Å². The van der Waals surface area contributed by atoms with Crippen LogP contribution in [0.15, 0.2) is 23.0 Å². The second-order valence-corrected chi connectivity index (χ2v) is 4.84.